The van der Waals surface area contributed by atoms with Gasteiger partial charge in [0.05, 0.1) is 5.69 Å². The maximum Gasteiger partial charge on any atom is 0.303 e. The minimum Gasteiger partial charge on any atom is -0.481 e. The maximum absolute atomic E-state index is 11.2. The molecule has 5 rings (SSSR count). The topological polar surface area (TPSA) is 88.2 Å². The molecule has 0 radical (unpaired) electrons. The number of anilines is 2. The van der Waals surface area contributed by atoms with E-state index >= 15 is 0 Å². The van der Waals surface area contributed by atoms with Crippen LogP contribution in [0.25, 0.3) is 33.7 Å². The smallest absolute Gasteiger partial charge is 0.303 e. The van der Waals surface area contributed by atoms with E-state index in [4.69, 9.17) is 14.6 Å². The minimum absolute atomic E-state index is 0.0564. The van der Waals surface area contributed by atoms with Gasteiger partial charge >= 0.3 is 5.97 Å². The zero-order valence-corrected chi connectivity index (χ0v) is 19.8. The first-order chi connectivity index (χ1) is 17.6. The van der Waals surface area contributed by atoms with Gasteiger partial charge in [0.1, 0.15) is 17.2 Å². The fourth-order valence-electron chi connectivity index (χ4n) is 4.16. The summed E-state index contributed by atoms with van der Waals surface area (Å²) in [5, 5.41) is 16.8. The molecular weight excluding hydrogens is 450 g/mol. The van der Waals surface area contributed by atoms with Crippen LogP contribution in [0.4, 0.5) is 11.5 Å². The van der Waals surface area contributed by atoms with Crippen LogP contribution in [0, 0.1) is 6.92 Å². The first-order valence-electron chi connectivity index (χ1n) is 11.7. The Bertz CT molecular complexity index is 1490. The fraction of sp³-hybridized carbons (Fsp3) is 0.100. The lowest BCUT2D eigenvalue weighted by atomic mass is 9.94. The largest absolute Gasteiger partial charge is 0.481 e. The normalized spacial score (nSPS) is 10.8. The number of nitrogens with one attached hydrogen (secondary N) is 1. The van der Waals surface area contributed by atoms with E-state index in [1.807, 2.05) is 104 Å². The number of carbonyl (C=O) groups is 1. The first-order valence-corrected chi connectivity index (χ1v) is 11.7. The number of carboxylic acid groups (broad SMARTS) is 1. The Morgan fingerprint density at radius 3 is 2.31 bits per heavy atom. The molecule has 6 nitrogen and oxygen atoms in total. The van der Waals surface area contributed by atoms with E-state index in [9.17, 15) is 4.79 Å². The van der Waals surface area contributed by atoms with Gasteiger partial charge in [-0.25, -0.2) is 4.98 Å². The zero-order chi connectivity index (χ0) is 24.9. The summed E-state index contributed by atoms with van der Waals surface area (Å²) < 4.78 is 5.85. The van der Waals surface area contributed by atoms with Gasteiger partial charge < -0.3 is 14.9 Å². The summed E-state index contributed by atoms with van der Waals surface area (Å²) >= 11 is 0. The van der Waals surface area contributed by atoms with E-state index in [0.29, 0.717) is 23.7 Å². The molecule has 3 aromatic carbocycles. The Balaban J connectivity index is 1.56. The second kappa shape index (κ2) is 10.3. The Labute approximate surface area is 209 Å². The number of aliphatic carboxylic acids is 1. The summed E-state index contributed by atoms with van der Waals surface area (Å²) in [5.41, 5.74) is 7.06. The molecule has 0 saturated carbocycles. The summed E-state index contributed by atoms with van der Waals surface area (Å²) in [6.07, 6.45) is 0.481. The lowest BCUT2D eigenvalue weighted by Crippen LogP contribution is -1.99. The predicted molar refractivity (Wildman–Crippen MR) is 141 cm³/mol. The predicted octanol–water partition coefficient (Wildman–Crippen LogP) is 7.14. The van der Waals surface area contributed by atoms with E-state index in [0.717, 1.165) is 39.2 Å². The Morgan fingerprint density at radius 2 is 1.58 bits per heavy atom. The molecular formula is C30H25N3O3. The third-order valence-electron chi connectivity index (χ3n) is 5.98. The molecule has 6 heteroatoms. The summed E-state index contributed by atoms with van der Waals surface area (Å²) in [6.45, 7) is 1.88. The summed E-state index contributed by atoms with van der Waals surface area (Å²) in [6, 6.07) is 31.8. The van der Waals surface area contributed by atoms with Crippen LogP contribution < -0.4 is 5.32 Å². The highest BCUT2D eigenvalue weighted by Gasteiger charge is 2.20. The molecule has 178 valence electrons. The third kappa shape index (κ3) is 5.03. The highest BCUT2D eigenvalue weighted by molar-refractivity contribution is 5.88. The summed E-state index contributed by atoms with van der Waals surface area (Å²) in [5.74, 6) is 0.425. The molecule has 0 atom stereocenters. The minimum atomic E-state index is -0.828. The molecule has 0 fully saturated rings. The number of aryl methyl sites for hydroxylation is 2. The van der Waals surface area contributed by atoms with Crippen molar-refractivity contribution in [2.45, 2.75) is 19.8 Å². The van der Waals surface area contributed by atoms with Crippen molar-refractivity contribution in [2.75, 3.05) is 5.32 Å². The van der Waals surface area contributed by atoms with E-state index in [1.165, 1.54) is 0 Å². The van der Waals surface area contributed by atoms with Crippen molar-refractivity contribution < 1.29 is 14.4 Å². The molecule has 0 amide bonds. The van der Waals surface area contributed by atoms with Crippen LogP contribution in [0.1, 0.15) is 17.7 Å². The van der Waals surface area contributed by atoms with Crippen molar-refractivity contribution in [2.24, 2.45) is 0 Å². The highest BCUT2D eigenvalue weighted by Crippen LogP contribution is 2.39. The molecule has 0 spiro atoms. The lowest BCUT2D eigenvalue weighted by molar-refractivity contribution is -0.136. The lowest BCUT2D eigenvalue weighted by Gasteiger charge is -2.13. The average Bonchev–Trinajstić information content (AvgIpc) is 3.28. The van der Waals surface area contributed by atoms with Gasteiger partial charge in [0.15, 0.2) is 5.76 Å². The van der Waals surface area contributed by atoms with Gasteiger partial charge in [-0.1, -0.05) is 84.0 Å². The number of pyridine rings is 1. The molecule has 2 heterocycles. The van der Waals surface area contributed by atoms with Crippen molar-refractivity contribution in [3.8, 4) is 33.7 Å². The van der Waals surface area contributed by atoms with Gasteiger partial charge in [-0.2, -0.15) is 0 Å². The van der Waals surface area contributed by atoms with E-state index in [2.05, 4.69) is 10.5 Å². The van der Waals surface area contributed by atoms with Crippen LogP contribution in [0.15, 0.2) is 102 Å². The van der Waals surface area contributed by atoms with Gasteiger partial charge in [0.25, 0.3) is 0 Å². The Kier molecular flexibility index (Phi) is 6.58. The standard InChI is InChI=1S/C30H25N3O3/c1-20-29(32-27-14-8-13-26(31-27)23-11-6-3-7-12-23)30(36-33-20)25-19-21(16-18-28(34)35)15-17-24(25)22-9-4-2-5-10-22/h2-15,17,19H,16,18H2,1H3,(H,31,32)(H,34,35). The first kappa shape index (κ1) is 23.1. The average molecular weight is 476 g/mol. The quantitative estimate of drug-likeness (QED) is 0.248. The van der Waals surface area contributed by atoms with Crippen molar-refractivity contribution in [1.29, 1.82) is 0 Å². The molecule has 0 aliphatic rings. The number of rotatable bonds is 8. The summed E-state index contributed by atoms with van der Waals surface area (Å²) in [7, 11) is 0. The van der Waals surface area contributed by atoms with Crippen molar-refractivity contribution in [1.82, 2.24) is 10.1 Å². The summed E-state index contributed by atoms with van der Waals surface area (Å²) in [4.78, 5) is 16.0. The van der Waals surface area contributed by atoms with E-state index in [-0.39, 0.29) is 6.42 Å². The number of hydrogen-bond donors (Lipinski definition) is 2. The third-order valence-corrected chi connectivity index (χ3v) is 5.98. The number of carboxylic acids is 1. The van der Waals surface area contributed by atoms with Crippen molar-refractivity contribution in [3.63, 3.8) is 0 Å². The molecule has 2 aromatic heterocycles. The van der Waals surface area contributed by atoms with Crippen LogP contribution in [-0.4, -0.2) is 21.2 Å². The van der Waals surface area contributed by atoms with Crippen molar-refractivity contribution in [3.05, 3.63) is 108 Å². The second-order valence-corrected chi connectivity index (χ2v) is 8.51. The number of benzene rings is 3. The van der Waals surface area contributed by atoms with Gasteiger partial charge in [-0.05, 0) is 48.2 Å². The monoisotopic (exact) mass is 475 g/mol. The fourth-order valence-corrected chi connectivity index (χ4v) is 4.16. The Hall–Kier alpha value is -4.71. The van der Waals surface area contributed by atoms with Crippen LogP contribution in [0.2, 0.25) is 0 Å². The van der Waals surface area contributed by atoms with Gasteiger partial charge in [-0.3, -0.25) is 4.79 Å². The molecule has 0 saturated heterocycles. The zero-order valence-electron chi connectivity index (χ0n) is 19.8. The maximum atomic E-state index is 11.2. The number of hydrogen-bond acceptors (Lipinski definition) is 5. The second-order valence-electron chi connectivity index (χ2n) is 8.51. The molecule has 2 N–H and O–H groups in total. The van der Waals surface area contributed by atoms with Crippen LogP contribution in [0.3, 0.4) is 0 Å². The van der Waals surface area contributed by atoms with Crippen LogP contribution in [-0.2, 0) is 11.2 Å². The molecule has 0 aliphatic heterocycles. The van der Waals surface area contributed by atoms with Gasteiger partial charge in [-0.15, -0.1) is 0 Å². The molecule has 0 unspecified atom stereocenters. The van der Waals surface area contributed by atoms with Gasteiger partial charge in [0.2, 0.25) is 0 Å². The Morgan fingerprint density at radius 1 is 0.861 bits per heavy atom. The van der Waals surface area contributed by atoms with E-state index < -0.39 is 5.97 Å². The highest BCUT2D eigenvalue weighted by atomic mass is 16.5. The van der Waals surface area contributed by atoms with E-state index in [1.54, 1.807) is 0 Å². The molecule has 0 bridgehead atoms. The number of nitrogens with zero attached hydrogens (tertiary/aromatic N) is 2. The van der Waals surface area contributed by atoms with Crippen LogP contribution in [0.5, 0.6) is 0 Å². The van der Waals surface area contributed by atoms with Crippen molar-refractivity contribution >= 4 is 17.5 Å². The number of aromatic nitrogens is 2. The van der Waals surface area contributed by atoms with Gasteiger partial charge in [0, 0.05) is 17.5 Å². The molecule has 5 aromatic rings. The molecule has 36 heavy (non-hydrogen) atoms. The van der Waals surface area contributed by atoms with Crippen LogP contribution >= 0.6 is 0 Å². The SMILES string of the molecule is Cc1noc(-c2cc(CCC(=O)O)ccc2-c2ccccc2)c1Nc1cccc(-c2ccccc2)n1. The molecule has 0 aliphatic carbocycles.